The average molecular weight is 308 g/mol. The van der Waals surface area contributed by atoms with E-state index in [1.54, 1.807) is 18.3 Å². The number of likely N-dealkylation sites (tertiary alicyclic amines) is 1. The van der Waals surface area contributed by atoms with E-state index >= 15 is 0 Å². The van der Waals surface area contributed by atoms with Crippen LogP contribution in [0.5, 0.6) is 5.88 Å². The first-order valence-corrected chi connectivity index (χ1v) is 7.19. The van der Waals surface area contributed by atoms with Crippen molar-refractivity contribution >= 4 is 23.1 Å². The molecule has 0 aliphatic carbocycles. The van der Waals surface area contributed by atoms with Crippen LogP contribution in [0.3, 0.4) is 0 Å². The molecule has 0 aromatic carbocycles. The Morgan fingerprint density at radius 3 is 2.76 bits per heavy atom. The lowest BCUT2D eigenvalue weighted by atomic mass is 9.87. The van der Waals surface area contributed by atoms with Gasteiger partial charge in [-0.2, -0.15) is 0 Å². The lowest BCUT2D eigenvalue weighted by Gasteiger charge is -2.40. The zero-order chi connectivity index (χ0) is 15.5. The second-order valence-corrected chi connectivity index (χ2v) is 5.70. The largest absolute Gasteiger partial charge is 0.480 e. The molecule has 114 valence electrons. The minimum atomic E-state index is -0.639. The molecule has 0 atom stereocenters. The predicted octanol–water partition coefficient (Wildman–Crippen LogP) is 0.571. The molecule has 0 radical (unpaired) electrons. The average Bonchev–Trinajstić information content (AvgIpc) is 2.49. The number of piperidine rings is 1. The smallest absolute Gasteiger partial charge is 0.257 e. The van der Waals surface area contributed by atoms with Crippen LogP contribution in [0.2, 0.25) is 0 Å². The molecular formula is C14H20N4O2S. The maximum Gasteiger partial charge on any atom is 0.257 e. The molecule has 21 heavy (non-hydrogen) atoms. The molecule has 1 aromatic heterocycles. The quantitative estimate of drug-likeness (QED) is 0.792. The molecule has 1 aliphatic heterocycles. The minimum Gasteiger partial charge on any atom is -0.480 e. The van der Waals surface area contributed by atoms with Gasteiger partial charge in [0.2, 0.25) is 5.88 Å². The third-order valence-corrected chi connectivity index (χ3v) is 4.26. The van der Waals surface area contributed by atoms with Crippen LogP contribution in [-0.2, 0) is 0 Å². The summed E-state index contributed by atoms with van der Waals surface area (Å²) >= 11 is 5.19. The standard InChI is InChI=1S/C14H20N4O2S/c1-18-8-5-14(6-9-18,13(15)21)17-11(19)10-4-3-7-16-12(10)20-2/h3-4,7H,5-6,8-9H2,1-2H3,(H2,15,21)(H,17,19). The molecule has 0 unspecified atom stereocenters. The fourth-order valence-corrected chi connectivity index (χ4v) is 2.70. The highest BCUT2D eigenvalue weighted by Crippen LogP contribution is 2.24. The van der Waals surface area contributed by atoms with Gasteiger partial charge in [0.1, 0.15) is 5.56 Å². The van der Waals surface area contributed by atoms with E-state index in [0.29, 0.717) is 29.3 Å². The number of amides is 1. The highest BCUT2D eigenvalue weighted by atomic mass is 32.1. The van der Waals surface area contributed by atoms with Crippen molar-refractivity contribution in [3.63, 3.8) is 0 Å². The van der Waals surface area contributed by atoms with Gasteiger partial charge in [-0.3, -0.25) is 4.79 Å². The van der Waals surface area contributed by atoms with Gasteiger partial charge in [0, 0.05) is 19.3 Å². The van der Waals surface area contributed by atoms with E-state index in [1.807, 2.05) is 7.05 Å². The summed E-state index contributed by atoms with van der Waals surface area (Å²) < 4.78 is 5.12. The summed E-state index contributed by atoms with van der Waals surface area (Å²) in [5, 5.41) is 2.99. The van der Waals surface area contributed by atoms with Gasteiger partial charge in [-0.1, -0.05) is 12.2 Å². The molecule has 1 fully saturated rings. The molecule has 3 N–H and O–H groups in total. The van der Waals surface area contributed by atoms with Gasteiger partial charge >= 0.3 is 0 Å². The maximum atomic E-state index is 12.5. The Hall–Kier alpha value is -1.73. The zero-order valence-electron chi connectivity index (χ0n) is 12.3. The van der Waals surface area contributed by atoms with Crippen molar-refractivity contribution in [3.05, 3.63) is 23.9 Å². The second kappa shape index (κ2) is 6.36. The molecule has 2 heterocycles. The molecule has 7 heteroatoms. The molecule has 1 amide bonds. The first-order valence-electron chi connectivity index (χ1n) is 6.78. The fraction of sp³-hybridized carbons (Fsp3) is 0.500. The van der Waals surface area contributed by atoms with E-state index in [1.165, 1.54) is 7.11 Å². The third-order valence-electron chi connectivity index (χ3n) is 3.87. The Balaban J connectivity index is 2.21. The van der Waals surface area contributed by atoms with Crippen LogP contribution >= 0.6 is 12.2 Å². The van der Waals surface area contributed by atoms with Gasteiger partial charge in [-0.05, 0) is 32.0 Å². The van der Waals surface area contributed by atoms with Crippen molar-refractivity contribution in [2.24, 2.45) is 5.73 Å². The molecule has 2 rings (SSSR count). The summed E-state index contributed by atoms with van der Waals surface area (Å²) in [7, 11) is 3.52. The predicted molar refractivity (Wildman–Crippen MR) is 84.5 cm³/mol. The Kier molecular flexibility index (Phi) is 4.74. The number of aromatic nitrogens is 1. The summed E-state index contributed by atoms with van der Waals surface area (Å²) in [5.41, 5.74) is 5.64. The lowest BCUT2D eigenvalue weighted by Crippen LogP contribution is -2.61. The minimum absolute atomic E-state index is 0.266. The van der Waals surface area contributed by atoms with Crippen LogP contribution in [0.4, 0.5) is 0 Å². The van der Waals surface area contributed by atoms with Crippen LogP contribution in [0.1, 0.15) is 23.2 Å². The monoisotopic (exact) mass is 308 g/mol. The van der Waals surface area contributed by atoms with Crippen molar-refractivity contribution in [2.75, 3.05) is 27.2 Å². The van der Waals surface area contributed by atoms with Gasteiger partial charge in [-0.25, -0.2) is 4.98 Å². The van der Waals surface area contributed by atoms with E-state index in [2.05, 4.69) is 15.2 Å². The van der Waals surface area contributed by atoms with Crippen molar-refractivity contribution in [1.82, 2.24) is 15.2 Å². The number of carbonyl (C=O) groups excluding carboxylic acids is 1. The van der Waals surface area contributed by atoms with Crippen molar-refractivity contribution in [3.8, 4) is 5.88 Å². The van der Waals surface area contributed by atoms with E-state index in [-0.39, 0.29) is 5.91 Å². The van der Waals surface area contributed by atoms with Gasteiger partial charge in [0.05, 0.1) is 17.6 Å². The first-order chi connectivity index (χ1) is 9.98. The summed E-state index contributed by atoms with van der Waals surface area (Å²) in [6.45, 7) is 1.67. The van der Waals surface area contributed by atoms with Crippen molar-refractivity contribution < 1.29 is 9.53 Å². The SMILES string of the molecule is COc1ncccc1C(=O)NC1(C(N)=S)CCN(C)CC1. The van der Waals surface area contributed by atoms with Crippen molar-refractivity contribution in [1.29, 1.82) is 0 Å². The zero-order valence-corrected chi connectivity index (χ0v) is 13.1. The number of nitrogens with zero attached hydrogens (tertiary/aromatic N) is 2. The number of ether oxygens (including phenoxy) is 1. The van der Waals surface area contributed by atoms with E-state index in [0.717, 1.165) is 13.1 Å². The first kappa shape index (κ1) is 15.7. The topological polar surface area (TPSA) is 80.5 Å². The molecule has 1 aromatic rings. The van der Waals surface area contributed by atoms with E-state index in [4.69, 9.17) is 22.7 Å². The maximum absolute atomic E-state index is 12.5. The summed E-state index contributed by atoms with van der Waals surface area (Å²) in [4.78, 5) is 19.1. The van der Waals surface area contributed by atoms with Crippen molar-refractivity contribution in [2.45, 2.75) is 18.4 Å². The van der Waals surface area contributed by atoms with Crippen LogP contribution < -0.4 is 15.8 Å². The normalized spacial score (nSPS) is 18.0. The number of hydrogen-bond acceptors (Lipinski definition) is 5. The Bertz CT molecular complexity index is 542. The fourth-order valence-electron chi connectivity index (χ4n) is 2.44. The van der Waals surface area contributed by atoms with E-state index in [9.17, 15) is 4.79 Å². The summed E-state index contributed by atoms with van der Waals surface area (Å²) in [5.74, 6) is 0.0262. The van der Waals surface area contributed by atoms with Gasteiger partial charge in [0.25, 0.3) is 5.91 Å². The summed E-state index contributed by atoms with van der Waals surface area (Å²) in [6.07, 6.45) is 2.98. The highest BCUT2D eigenvalue weighted by Gasteiger charge is 2.38. The van der Waals surface area contributed by atoms with Gasteiger partial charge in [-0.15, -0.1) is 0 Å². The number of rotatable bonds is 4. The number of carbonyl (C=O) groups is 1. The number of pyridine rings is 1. The Labute approximate surface area is 129 Å². The van der Waals surface area contributed by atoms with E-state index < -0.39 is 5.54 Å². The molecule has 6 nitrogen and oxygen atoms in total. The Morgan fingerprint density at radius 2 is 2.19 bits per heavy atom. The summed E-state index contributed by atoms with van der Waals surface area (Å²) in [6, 6.07) is 3.36. The molecular weight excluding hydrogens is 288 g/mol. The number of nitrogens with two attached hydrogens (primary N) is 1. The van der Waals surface area contributed by atoms with Crippen LogP contribution in [0, 0.1) is 0 Å². The molecule has 0 bridgehead atoms. The third kappa shape index (κ3) is 3.30. The van der Waals surface area contributed by atoms with Crippen LogP contribution in [0.25, 0.3) is 0 Å². The lowest BCUT2D eigenvalue weighted by molar-refractivity contribution is 0.0886. The second-order valence-electron chi connectivity index (χ2n) is 5.26. The van der Waals surface area contributed by atoms with Crippen LogP contribution in [0.15, 0.2) is 18.3 Å². The number of thiocarbonyl (C=S) groups is 1. The molecule has 1 saturated heterocycles. The van der Waals surface area contributed by atoms with Crippen LogP contribution in [-0.4, -0.2) is 53.6 Å². The molecule has 1 aliphatic rings. The number of hydrogen-bond donors (Lipinski definition) is 2. The van der Waals surface area contributed by atoms with Gasteiger partial charge < -0.3 is 20.7 Å². The number of nitrogens with one attached hydrogen (secondary N) is 1. The molecule has 0 spiro atoms. The Morgan fingerprint density at radius 1 is 1.52 bits per heavy atom. The number of methoxy groups -OCH3 is 1. The molecule has 0 saturated carbocycles. The van der Waals surface area contributed by atoms with Gasteiger partial charge in [0.15, 0.2) is 0 Å². The highest BCUT2D eigenvalue weighted by molar-refractivity contribution is 7.80.